The van der Waals surface area contributed by atoms with E-state index in [9.17, 15) is 19.8 Å². The van der Waals surface area contributed by atoms with Gasteiger partial charge in [-0.25, -0.2) is 0 Å². The molecular weight excluding hydrogens is 576 g/mol. The lowest BCUT2D eigenvalue weighted by atomic mass is 10.0. The fraction of sp³-hybridized carbons (Fsp3) is 0.750. The van der Waals surface area contributed by atoms with Crippen molar-refractivity contribution >= 4 is 11.9 Å². The molecule has 6 heteroatoms. The van der Waals surface area contributed by atoms with Crippen LogP contribution >= 0.6 is 0 Å². The molecule has 0 radical (unpaired) electrons. The Bertz CT molecular complexity index is 800. The molecule has 0 aliphatic heterocycles. The van der Waals surface area contributed by atoms with Crippen LogP contribution in [0.15, 0.2) is 48.6 Å². The van der Waals surface area contributed by atoms with E-state index in [4.69, 9.17) is 9.47 Å². The molecule has 0 aromatic carbocycles. The van der Waals surface area contributed by atoms with Gasteiger partial charge in [-0.1, -0.05) is 159 Å². The normalized spacial score (nSPS) is 13.4. The molecule has 0 fully saturated rings. The monoisotopic (exact) mass is 647 g/mol. The lowest BCUT2D eigenvalue weighted by Gasteiger charge is -2.12. The molecule has 0 unspecified atom stereocenters. The Kier molecular flexibility index (Phi) is 34.0. The largest absolute Gasteiger partial charge is 0.463 e. The minimum Gasteiger partial charge on any atom is -0.463 e. The summed E-state index contributed by atoms with van der Waals surface area (Å²) in [5.74, 6) is -0.759. The van der Waals surface area contributed by atoms with Crippen molar-refractivity contribution in [2.45, 2.75) is 180 Å². The molecule has 6 nitrogen and oxygen atoms in total. The van der Waals surface area contributed by atoms with Gasteiger partial charge in [0, 0.05) is 12.8 Å². The van der Waals surface area contributed by atoms with E-state index in [2.05, 4.69) is 38.2 Å². The maximum Gasteiger partial charge on any atom is 0.305 e. The molecule has 0 amide bonds. The van der Waals surface area contributed by atoms with E-state index >= 15 is 0 Å². The van der Waals surface area contributed by atoms with Crippen molar-refractivity contribution in [2.75, 3.05) is 13.2 Å². The summed E-state index contributed by atoms with van der Waals surface area (Å²) >= 11 is 0. The minimum absolute atomic E-state index is 0.157. The van der Waals surface area contributed by atoms with Gasteiger partial charge in [-0.2, -0.15) is 0 Å². The summed E-state index contributed by atoms with van der Waals surface area (Å²) in [7, 11) is 0. The molecule has 0 saturated heterocycles. The molecule has 0 aliphatic rings. The first-order valence-corrected chi connectivity index (χ1v) is 18.8. The van der Waals surface area contributed by atoms with Crippen LogP contribution < -0.4 is 0 Å². The van der Waals surface area contributed by atoms with E-state index < -0.39 is 18.2 Å². The number of hydrogen-bond donors (Lipinski definition) is 2. The third-order valence-electron chi connectivity index (χ3n) is 7.92. The third-order valence-corrected chi connectivity index (χ3v) is 7.92. The third kappa shape index (κ3) is 34.7. The van der Waals surface area contributed by atoms with Crippen LogP contribution in [0.1, 0.15) is 168 Å². The van der Waals surface area contributed by atoms with Crippen molar-refractivity contribution < 1.29 is 29.3 Å². The van der Waals surface area contributed by atoms with Crippen molar-refractivity contribution in [1.29, 1.82) is 0 Å². The highest BCUT2D eigenvalue weighted by molar-refractivity contribution is 5.69. The zero-order chi connectivity index (χ0) is 33.8. The molecule has 0 rings (SSSR count). The van der Waals surface area contributed by atoms with Gasteiger partial charge in [-0.05, 0) is 44.9 Å². The lowest BCUT2D eigenvalue weighted by Crippen LogP contribution is -2.25. The number of unbranched alkanes of at least 4 members (excludes halogenated alkanes) is 16. The Labute approximate surface area is 282 Å². The Morgan fingerprint density at radius 3 is 1.57 bits per heavy atom. The SMILES string of the molecule is CCCCC/C=C\C/C=C\C/C=C\C=C\[C@@H](O)CCCC(=O)OC[C@@H](O)COC(=O)CCCCCCCCCCCCCCCC. The van der Waals surface area contributed by atoms with Crippen LogP contribution in [0.4, 0.5) is 0 Å². The molecule has 0 bridgehead atoms. The molecule has 0 aromatic rings. The van der Waals surface area contributed by atoms with Crippen LogP contribution in [0.25, 0.3) is 0 Å². The minimum atomic E-state index is -1.04. The first kappa shape index (κ1) is 43.8. The topological polar surface area (TPSA) is 93.1 Å². The molecule has 266 valence electrons. The van der Waals surface area contributed by atoms with Gasteiger partial charge in [-0.15, -0.1) is 0 Å². The highest BCUT2D eigenvalue weighted by Crippen LogP contribution is 2.13. The Hall–Kier alpha value is -2.18. The standard InChI is InChI=1S/C40H70O6/c1-3-5-7-9-11-13-15-17-19-21-23-25-27-29-33-39(43)45-35-38(42)36-46-40(44)34-30-32-37(41)31-28-26-24-22-20-18-16-14-12-10-8-6-4-2/h12,14,18,20,24,26,28,31,37-38,41-42H,3-11,13,15-17,19,21-23,25,27,29-30,32-36H2,1-2H3/b14-12-,20-18-,26-24-,31-28+/t37-,38+/m1/s1. The maximum absolute atomic E-state index is 11.9. The second kappa shape index (κ2) is 35.7. The number of aliphatic hydroxyl groups excluding tert-OH is 2. The number of aliphatic hydroxyl groups is 2. The first-order chi connectivity index (χ1) is 22.5. The van der Waals surface area contributed by atoms with Crippen LogP contribution in [-0.2, 0) is 19.1 Å². The Morgan fingerprint density at radius 1 is 0.543 bits per heavy atom. The summed E-state index contributed by atoms with van der Waals surface area (Å²) in [6.07, 6.45) is 40.5. The average Bonchev–Trinajstić information content (AvgIpc) is 3.05. The van der Waals surface area contributed by atoms with Gasteiger partial charge >= 0.3 is 11.9 Å². The Morgan fingerprint density at radius 2 is 1.00 bits per heavy atom. The van der Waals surface area contributed by atoms with Crippen molar-refractivity contribution in [3.8, 4) is 0 Å². The van der Waals surface area contributed by atoms with Crippen molar-refractivity contribution in [1.82, 2.24) is 0 Å². The van der Waals surface area contributed by atoms with Crippen molar-refractivity contribution in [2.24, 2.45) is 0 Å². The number of rotatable bonds is 33. The molecule has 2 N–H and O–H groups in total. The second-order valence-corrected chi connectivity index (χ2v) is 12.5. The van der Waals surface area contributed by atoms with Crippen LogP contribution in [-0.4, -0.2) is 47.6 Å². The van der Waals surface area contributed by atoms with Gasteiger partial charge in [0.1, 0.15) is 19.3 Å². The number of carbonyl (C=O) groups is 2. The van der Waals surface area contributed by atoms with Gasteiger partial charge in [-0.3, -0.25) is 9.59 Å². The lowest BCUT2D eigenvalue weighted by molar-refractivity contribution is -0.152. The average molecular weight is 647 g/mol. The fourth-order valence-corrected chi connectivity index (χ4v) is 5.01. The number of hydrogen-bond acceptors (Lipinski definition) is 6. The first-order valence-electron chi connectivity index (χ1n) is 18.8. The van der Waals surface area contributed by atoms with Gasteiger partial charge < -0.3 is 19.7 Å². The molecule has 0 aromatic heterocycles. The van der Waals surface area contributed by atoms with Crippen molar-refractivity contribution in [3.63, 3.8) is 0 Å². The summed E-state index contributed by atoms with van der Waals surface area (Å²) in [5.41, 5.74) is 0. The van der Waals surface area contributed by atoms with E-state index in [1.807, 2.05) is 18.2 Å². The van der Waals surface area contributed by atoms with Gasteiger partial charge in [0.25, 0.3) is 0 Å². The number of carbonyl (C=O) groups excluding carboxylic acids is 2. The fourth-order valence-electron chi connectivity index (χ4n) is 5.01. The summed E-state index contributed by atoms with van der Waals surface area (Å²) < 4.78 is 10.2. The highest BCUT2D eigenvalue weighted by Gasteiger charge is 2.12. The van der Waals surface area contributed by atoms with Crippen LogP contribution in [0, 0.1) is 0 Å². The van der Waals surface area contributed by atoms with E-state index in [1.165, 1.54) is 89.9 Å². The summed E-state index contributed by atoms with van der Waals surface area (Å²) in [5, 5.41) is 20.1. The molecular formula is C40H70O6. The number of ether oxygens (including phenoxy) is 2. The second-order valence-electron chi connectivity index (χ2n) is 12.5. The molecule has 0 heterocycles. The highest BCUT2D eigenvalue weighted by atomic mass is 16.6. The molecule has 0 saturated carbocycles. The molecule has 46 heavy (non-hydrogen) atoms. The number of esters is 2. The van der Waals surface area contributed by atoms with E-state index in [1.54, 1.807) is 6.08 Å². The summed E-state index contributed by atoms with van der Waals surface area (Å²) in [6.45, 7) is 4.10. The molecule has 0 aliphatic carbocycles. The van der Waals surface area contributed by atoms with Crippen LogP contribution in [0.2, 0.25) is 0 Å². The van der Waals surface area contributed by atoms with Gasteiger partial charge in [0.05, 0.1) is 6.10 Å². The van der Waals surface area contributed by atoms with Gasteiger partial charge in [0.15, 0.2) is 0 Å². The summed E-state index contributed by atoms with van der Waals surface area (Å²) in [6, 6.07) is 0. The summed E-state index contributed by atoms with van der Waals surface area (Å²) in [4.78, 5) is 23.9. The zero-order valence-electron chi connectivity index (χ0n) is 29.7. The van der Waals surface area contributed by atoms with Gasteiger partial charge in [0.2, 0.25) is 0 Å². The predicted molar refractivity (Wildman–Crippen MR) is 193 cm³/mol. The van der Waals surface area contributed by atoms with Crippen LogP contribution in [0.5, 0.6) is 0 Å². The van der Waals surface area contributed by atoms with Crippen molar-refractivity contribution in [3.05, 3.63) is 48.6 Å². The quantitative estimate of drug-likeness (QED) is 0.0319. The number of allylic oxidation sites excluding steroid dienone is 7. The predicted octanol–water partition coefficient (Wildman–Crippen LogP) is 10.4. The van der Waals surface area contributed by atoms with E-state index in [0.717, 1.165) is 38.5 Å². The maximum atomic E-state index is 11.9. The molecule has 2 atom stereocenters. The van der Waals surface area contributed by atoms with Crippen LogP contribution in [0.3, 0.4) is 0 Å². The zero-order valence-corrected chi connectivity index (χ0v) is 29.7. The Balaban J connectivity index is 3.64. The van der Waals surface area contributed by atoms with E-state index in [-0.39, 0.29) is 25.6 Å². The molecule has 0 spiro atoms. The smallest absolute Gasteiger partial charge is 0.305 e. The van der Waals surface area contributed by atoms with E-state index in [0.29, 0.717) is 19.3 Å².